The molecule has 0 saturated carbocycles. The second-order valence-corrected chi connectivity index (χ2v) is 4.44. The Morgan fingerprint density at radius 3 is 2.40 bits per heavy atom. The van der Waals surface area contributed by atoms with E-state index < -0.39 is 23.3 Å². The molecular formula is C14H7ClF4O. The summed E-state index contributed by atoms with van der Waals surface area (Å²) in [6.07, 6.45) is -4.55. The van der Waals surface area contributed by atoms with Gasteiger partial charge in [0.1, 0.15) is 5.82 Å². The summed E-state index contributed by atoms with van der Waals surface area (Å²) >= 11 is 5.76. The van der Waals surface area contributed by atoms with Crippen LogP contribution in [0.25, 0.3) is 0 Å². The van der Waals surface area contributed by atoms with Gasteiger partial charge in [0.15, 0.2) is 5.78 Å². The summed E-state index contributed by atoms with van der Waals surface area (Å²) in [6.45, 7) is 0. The Bertz CT molecular complexity index is 664. The molecule has 0 unspecified atom stereocenters. The van der Waals surface area contributed by atoms with Crippen LogP contribution in [0.1, 0.15) is 21.5 Å². The van der Waals surface area contributed by atoms with Crippen LogP contribution in [-0.4, -0.2) is 5.78 Å². The molecule has 6 heteroatoms. The minimum absolute atomic E-state index is 0.0196. The lowest BCUT2D eigenvalue weighted by Gasteiger charge is -2.09. The highest BCUT2D eigenvalue weighted by molar-refractivity contribution is 6.35. The quantitative estimate of drug-likeness (QED) is 0.579. The molecule has 0 radical (unpaired) electrons. The fourth-order valence-electron chi connectivity index (χ4n) is 1.66. The fraction of sp³-hybridized carbons (Fsp3) is 0.0714. The van der Waals surface area contributed by atoms with Gasteiger partial charge in [-0.2, -0.15) is 13.2 Å². The summed E-state index contributed by atoms with van der Waals surface area (Å²) in [4.78, 5) is 12.1. The molecule has 0 heterocycles. The maximum Gasteiger partial charge on any atom is 0.416 e. The van der Waals surface area contributed by atoms with Crippen molar-refractivity contribution in [1.29, 1.82) is 0 Å². The number of ketones is 1. The Hall–Kier alpha value is -1.88. The van der Waals surface area contributed by atoms with Crippen molar-refractivity contribution in [2.75, 3.05) is 0 Å². The standard InChI is InChI=1S/C14H7ClF4O/c15-12-5-4-10(16)7-11(12)13(20)8-2-1-3-9(6-8)14(17,18)19/h1-7H. The molecule has 0 amide bonds. The number of carbonyl (C=O) groups is 1. The first kappa shape index (κ1) is 14.5. The van der Waals surface area contributed by atoms with Gasteiger partial charge in [-0.25, -0.2) is 4.39 Å². The van der Waals surface area contributed by atoms with Crippen LogP contribution in [0.2, 0.25) is 5.02 Å². The second kappa shape index (κ2) is 5.25. The second-order valence-electron chi connectivity index (χ2n) is 4.03. The van der Waals surface area contributed by atoms with Crippen molar-refractivity contribution in [1.82, 2.24) is 0 Å². The average molecular weight is 303 g/mol. The van der Waals surface area contributed by atoms with E-state index in [1.54, 1.807) is 0 Å². The van der Waals surface area contributed by atoms with Crippen molar-refractivity contribution < 1.29 is 22.4 Å². The summed E-state index contributed by atoms with van der Waals surface area (Å²) in [6, 6.07) is 7.03. The van der Waals surface area contributed by atoms with Gasteiger partial charge in [0, 0.05) is 11.1 Å². The molecule has 0 saturated heterocycles. The Labute approximate surface area is 116 Å². The van der Waals surface area contributed by atoms with E-state index in [2.05, 4.69) is 0 Å². The minimum Gasteiger partial charge on any atom is -0.289 e. The first-order valence-corrected chi connectivity index (χ1v) is 5.84. The number of carbonyl (C=O) groups excluding carboxylic acids is 1. The number of hydrogen-bond acceptors (Lipinski definition) is 1. The lowest BCUT2D eigenvalue weighted by Crippen LogP contribution is -2.08. The smallest absolute Gasteiger partial charge is 0.289 e. The Morgan fingerprint density at radius 2 is 1.75 bits per heavy atom. The van der Waals surface area contributed by atoms with Crippen LogP contribution >= 0.6 is 11.6 Å². The highest BCUT2D eigenvalue weighted by Gasteiger charge is 2.31. The number of hydrogen-bond donors (Lipinski definition) is 0. The lowest BCUT2D eigenvalue weighted by atomic mass is 10.0. The third kappa shape index (κ3) is 2.99. The monoisotopic (exact) mass is 302 g/mol. The number of rotatable bonds is 2. The van der Waals surface area contributed by atoms with Crippen molar-refractivity contribution in [3.05, 3.63) is 70.0 Å². The van der Waals surface area contributed by atoms with E-state index in [4.69, 9.17) is 11.6 Å². The van der Waals surface area contributed by atoms with Crippen LogP contribution in [-0.2, 0) is 6.18 Å². The van der Waals surface area contributed by atoms with Gasteiger partial charge in [-0.05, 0) is 30.3 Å². The van der Waals surface area contributed by atoms with Crippen LogP contribution in [0.4, 0.5) is 17.6 Å². The third-order valence-corrected chi connectivity index (χ3v) is 2.95. The zero-order valence-electron chi connectivity index (χ0n) is 9.84. The first-order chi connectivity index (χ1) is 9.29. The molecule has 0 aliphatic heterocycles. The highest BCUT2D eigenvalue weighted by Crippen LogP contribution is 2.30. The third-order valence-electron chi connectivity index (χ3n) is 2.63. The molecule has 0 aliphatic carbocycles. The molecule has 104 valence electrons. The van der Waals surface area contributed by atoms with Gasteiger partial charge in [-0.1, -0.05) is 23.7 Å². The highest BCUT2D eigenvalue weighted by atomic mass is 35.5. The van der Waals surface area contributed by atoms with E-state index in [0.717, 1.165) is 24.3 Å². The Kier molecular flexibility index (Phi) is 3.81. The summed E-state index contributed by atoms with van der Waals surface area (Å²) < 4.78 is 50.8. The molecule has 1 nitrogen and oxygen atoms in total. The van der Waals surface area contributed by atoms with E-state index in [-0.39, 0.29) is 16.1 Å². The van der Waals surface area contributed by atoms with Crippen molar-refractivity contribution in [2.45, 2.75) is 6.18 Å². The Balaban J connectivity index is 2.46. The molecule has 0 aromatic heterocycles. The van der Waals surface area contributed by atoms with E-state index in [9.17, 15) is 22.4 Å². The molecule has 20 heavy (non-hydrogen) atoms. The van der Waals surface area contributed by atoms with E-state index in [1.807, 2.05) is 0 Å². The van der Waals surface area contributed by atoms with Crippen LogP contribution in [0.15, 0.2) is 42.5 Å². The van der Waals surface area contributed by atoms with Crippen LogP contribution in [0.5, 0.6) is 0 Å². The summed E-state index contributed by atoms with van der Waals surface area (Å²) in [7, 11) is 0. The summed E-state index contributed by atoms with van der Waals surface area (Å²) in [5.41, 5.74) is -1.32. The van der Waals surface area contributed by atoms with Crippen LogP contribution < -0.4 is 0 Å². The van der Waals surface area contributed by atoms with E-state index >= 15 is 0 Å². The van der Waals surface area contributed by atoms with Crippen molar-refractivity contribution in [3.8, 4) is 0 Å². The maximum atomic E-state index is 13.1. The SMILES string of the molecule is O=C(c1cccc(C(F)(F)F)c1)c1cc(F)ccc1Cl. The predicted molar refractivity (Wildman–Crippen MR) is 66.3 cm³/mol. The van der Waals surface area contributed by atoms with Gasteiger partial charge in [0.2, 0.25) is 0 Å². The minimum atomic E-state index is -4.55. The number of alkyl halides is 3. The topological polar surface area (TPSA) is 17.1 Å². The van der Waals surface area contributed by atoms with Crippen molar-refractivity contribution in [3.63, 3.8) is 0 Å². The molecule has 2 rings (SSSR count). The molecule has 0 atom stereocenters. The van der Waals surface area contributed by atoms with Crippen molar-refractivity contribution in [2.24, 2.45) is 0 Å². The largest absolute Gasteiger partial charge is 0.416 e. The van der Waals surface area contributed by atoms with E-state index in [0.29, 0.717) is 6.07 Å². The Morgan fingerprint density at radius 1 is 1.05 bits per heavy atom. The first-order valence-electron chi connectivity index (χ1n) is 5.46. The van der Waals surface area contributed by atoms with Gasteiger partial charge in [0.05, 0.1) is 10.6 Å². The van der Waals surface area contributed by atoms with Crippen LogP contribution in [0.3, 0.4) is 0 Å². The fourth-order valence-corrected chi connectivity index (χ4v) is 1.87. The molecule has 0 aliphatic rings. The van der Waals surface area contributed by atoms with E-state index in [1.165, 1.54) is 12.1 Å². The number of benzene rings is 2. The molecular weight excluding hydrogens is 296 g/mol. The number of halogens is 5. The molecule has 0 bridgehead atoms. The molecule has 2 aromatic carbocycles. The van der Waals surface area contributed by atoms with Gasteiger partial charge in [0.25, 0.3) is 0 Å². The van der Waals surface area contributed by atoms with Gasteiger partial charge < -0.3 is 0 Å². The van der Waals surface area contributed by atoms with Crippen molar-refractivity contribution >= 4 is 17.4 Å². The lowest BCUT2D eigenvalue weighted by molar-refractivity contribution is -0.137. The predicted octanol–water partition coefficient (Wildman–Crippen LogP) is 4.73. The molecule has 0 N–H and O–H groups in total. The zero-order valence-corrected chi connectivity index (χ0v) is 10.6. The maximum absolute atomic E-state index is 13.1. The average Bonchev–Trinajstić information content (AvgIpc) is 2.40. The molecule has 2 aromatic rings. The summed E-state index contributed by atoms with van der Waals surface area (Å²) in [5.74, 6) is -1.45. The van der Waals surface area contributed by atoms with Gasteiger partial charge in [-0.3, -0.25) is 4.79 Å². The molecule has 0 fully saturated rings. The zero-order chi connectivity index (χ0) is 14.9. The normalized spacial score (nSPS) is 11.4. The van der Waals surface area contributed by atoms with Gasteiger partial charge in [-0.15, -0.1) is 0 Å². The van der Waals surface area contributed by atoms with Gasteiger partial charge >= 0.3 is 6.18 Å². The summed E-state index contributed by atoms with van der Waals surface area (Å²) in [5, 5.41) is -0.0196. The van der Waals surface area contributed by atoms with Crippen LogP contribution in [0, 0.1) is 5.82 Å². The molecule has 0 spiro atoms.